The largest absolute Gasteiger partial charge is 0.398 e. The van der Waals surface area contributed by atoms with Gasteiger partial charge in [-0.15, -0.1) is 16.2 Å². The number of nitrogens with one attached hydrogen (secondary N) is 1. The van der Waals surface area contributed by atoms with Crippen molar-refractivity contribution >= 4 is 21.4 Å². The van der Waals surface area contributed by atoms with Crippen LogP contribution in [0.25, 0.3) is 0 Å². The topological polar surface area (TPSA) is 58.6 Å². The molecule has 1 aromatic heterocycles. The SMILES string of the molecule is O=S(=O)(NN1CC=CO1)c1cccs1. The van der Waals surface area contributed by atoms with Crippen LogP contribution in [0.2, 0.25) is 0 Å². The van der Waals surface area contributed by atoms with Crippen LogP contribution in [-0.2, 0) is 14.9 Å². The molecule has 0 bridgehead atoms. The van der Waals surface area contributed by atoms with Crippen molar-refractivity contribution < 1.29 is 13.3 Å². The third kappa shape index (κ3) is 1.95. The third-order valence-corrected chi connectivity index (χ3v) is 4.26. The van der Waals surface area contributed by atoms with E-state index < -0.39 is 10.0 Å². The minimum atomic E-state index is -3.47. The molecule has 2 rings (SSSR count). The van der Waals surface area contributed by atoms with Crippen molar-refractivity contribution in [1.29, 1.82) is 0 Å². The number of sulfonamides is 1. The van der Waals surface area contributed by atoms with Crippen LogP contribution in [0.1, 0.15) is 0 Å². The Morgan fingerprint density at radius 2 is 2.43 bits per heavy atom. The van der Waals surface area contributed by atoms with Crippen molar-refractivity contribution in [2.24, 2.45) is 0 Å². The van der Waals surface area contributed by atoms with Gasteiger partial charge in [0.1, 0.15) is 10.5 Å². The van der Waals surface area contributed by atoms with Gasteiger partial charge in [-0.05, 0) is 17.5 Å². The van der Waals surface area contributed by atoms with Crippen molar-refractivity contribution in [1.82, 2.24) is 10.0 Å². The zero-order valence-corrected chi connectivity index (χ0v) is 8.72. The molecule has 0 saturated heterocycles. The first kappa shape index (κ1) is 9.66. The highest BCUT2D eigenvalue weighted by Crippen LogP contribution is 2.16. The summed E-state index contributed by atoms with van der Waals surface area (Å²) in [6.07, 6.45) is 3.13. The Kier molecular flexibility index (Phi) is 2.55. The molecule has 7 heteroatoms. The fraction of sp³-hybridized carbons (Fsp3) is 0.143. The smallest absolute Gasteiger partial charge is 0.265 e. The summed E-state index contributed by atoms with van der Waals surface area (Å²) in [7, 11) is -3.47. The van der Waals surface area contributed by atoms with Crippen LogP contribution in [-0.4, -0.2) is 20.1 Å². The van der Waals surface area contributed by atoms with Crippen molar-refractivity contribution in [2.75, 3.05) is 6.54 Å². The molecule has 0 unspecified atom stereocenters. The van der Waals surface area contributed by atoms with Crippen LogP contribution in [0.4, 0.5) is 0 Å². The van der Waals surface area contributed by atoms with Gasteiger partial charge in [0, 0.05) is 0 Å². The zero-order chi connectivity index (χ0) is 10.0. The Morgan fingerprint density at radius 3 is 3.00 bits per heavy atom. The maximum Gasteiger partial charge on any atom is 0.265 e. The second-order valence-corrected chi connectivity index (χ2v) is 5.40. The quantitative estimate of drug-likeness (QED) is 0.833. The van der Waals surface area contributed by atoms with Gasteiger partial charge in [-0.3, -0.25) is 0 Å². The molecule has 1 N–H and O–H groups in total. The lowest BCUT2D eigenvalue weighted by Gasteiger charge is -2.14. The molecule has 5 nitrogen and oxygen atoms in total. The Hall–Kier alpha value is -0.890. The van der Waals surface area contributed by atoms with Gasteiger partial charge in [-0.2, -0.15) is 0 Å². The average Bonchev–Trinajstić information content (AvgIpc) is 2.71. The maximum atomic E-state index is 11.6. The van der Waals surface area contributed by atoms with Gasteiger partial charge in [-0.1, -0.05) is 11.2 Å². The predicted octanol–water partition coefficient (Wildman–Crippen LogP) is 0.702. The standard InChI is InChI=1S/C7H8N2O3S2/c10-14(11,7-3-1-6-13-7)8-9-4-2-5-12-9/h1-3,5-6,8H,4H2. The lowest BCUT2D eigenvalue weighted by molar-refractivity contribution is -0.0967. The van der Waals surface area contributed by atoms with Gasteiger partial charge < -0.3 is 4.84 Å². The predicted molar refractivity (Wildman–Crippen MR) is 51.6 cm³/mol. The van der Waals surface area contributed by atoms with E-state index in [0.717, 1.165) is 16.5 Å². The highest BCUT2D eigenvalue weighted by Gasteiger charge is 2.20. The summed E-state index contributed by atoms with van der Waals surface area (Å²) < 4.78 is 23.5. The molecule has 1 aliphatic heterocycles. The molecule has 0 aromatic carbocycles. The Balaban J connectivity index is 2.10. The first-order chi connectivity index (χ1) is 6.68. The van der Waals surface area contributed by atoms with Crippen LogP contribution in [0.3, 0.4) is 0 Å². The molecular formula is C7H8N2O3S2. The molecule has 1 aromatic rings. The number of thiophene rings is 1. The number of hydrogen-bond donors (Lipinski definition) is 1. The molecule has 0 amide bonds. The lowest BCUT2D eigenvalue weighted by atomic mass is 10.7. The van der Waals surface area contributed by atoms with Gasteiger partial charge >= 0.3 is 0 Å². The molecule has 0 aliphatic carbocycles. The van der Waals surface area contributed by atoms with Crippen LogP contribution in [0.15, 0.2) is 34.1 Å². The minimum absolute atomic E-state index is 0.271. The second kappa shape index (κ2) is 3.70. The van der Waals surface area contributed by atoms with Crippen molar-refractivity contribution in [3.63, 3.8) is 0 Å². The zero-order valence-electron chi connectivity index (χ0n) is 7.08. The summed E-state index contributed by atoms with van der Waals surface area (Å²) in [5.41, 5.74) is 0. The lowest BCUT2D eigenvalue weighted by Crippen LogP contribution is -2.38. The molecule has 1 aliphatic rings. The van der Waals surface area contributed by atoms with E-state index in [2.05, 4.69) is 4.83 Å². The van der Waals surface area contributed by atoms with Crippen molar-refractivity contribution in [3.05, 3.63) is 29.9 Å². The molecule has 0 spiro atoms. The number of hydrazine groups is 1. The normalized spacial score (nSPS) is 17.1. The van der Waals surface area contributed by atoms with Crippen LogP contribution >= 0.6 is 11.3 Å². The number of hydroxylamine groups is 1. The van der Waals surface area contributed by atoms with Crippen molar-refractivity contribution in [3.8, 4) is 0 Å². The molecule has 76 valence electrons. The van der Waals surface area contributed by atoms with Gasteiger partial charge in [0.25, 0.3) is 10.0 Å². The maximum absolute atomic E-state index is 11.6. The van der Waals surface area contributed by atoms with Gasteiger partial charge in [0.2, 0.25) is 0 Å². The summed E-state index contributed by atoms with van der Waals surface area (Å²) in [6.45, 7) is 0.407. The number of nitrogens with zero attached hydrogens (tertiary/aromatic N) is 1. The van der Waals surface area contributed by atoms with Crippen LogP contribution < -0.4 is 4.83 Å². The van der Waals surface area contributed by atoms with Crippen LogP contribution in [0, 0.1) is 0 Å². The van der Waals surface area contributed by atoms with Crippen LogP contribution in [0.5, 0.6) is 0 Å². The molecule has 2 heterocycles. The summed E-state index contributed by atoms with van der Waals surface area (Å²) in [5, 5.41) is 2.85. The van der Waals surface area contributed by atoms with E-state index in [0.29, 0.717) is 6.54 Å². The van der Waals surface area contributed by atoms with E-state index in [1.54, 1.807) is 17.5 Å². The van der Waals surface area contributed by atoms with Gasteiger partial charge in [0.15, 0.2) is 0 Å². The summed E-state index contributed by atoms with van der Waals surface area (Å²) >= 11 is 1.16. The first-order valence-electron chi connectivity index (χ1n) is 3.84. The highest BCUT2D eigenvalue weighted by atomic mass is 32.2. The summed E-state index contributed by atoms with van der Waals surface area (Å²) in [4.78, 5) is 7.14. The van der Waals surface area contributed by atoms with E-state index in [1.165, 1.54) is 12.3 Å². The second-order valence-electron chi connectivity index (χ2n) is 2.57. The molecule has 0 saturated carbocycles. The van der Waals surface area contributed by atoms with E-state index in [1.807, 2.05) is 0 Å². The Labute approximate surface area is 85.6 Å². The van der Waals surface area contributed by atoms with E-state index >= 15 is 0 Å². The van der Waals surface area contributed by atoms with Crippen molar-refractivity contribution in [2.45, 2.75) is 4.21 Å². The fourth-order valence-electron chi connectivity index (χ4n) is 0.953. The Bertz CT molecular complexity index is 416. The molecule has 0 fully saturated rings. The van der Waals surface area contributed by atoms with E-state index in [-0.39, 0.29) is 4.21 Å². The highest BCUT2D eigenvalue weighted by molar-refractivity contribution is 7.91. The Morgan fingerprint density at radius 1 is 1.57 bits per heavy atom. The third-order valence-electron chi connectivity index (χ3n) is 1.54. The van der Waals surface area contributed by atoms with Gasteiger partial charge in [0.05, 0.1) is 6.54 Å². The summed E-state index contributed by atoms with van der Waals surface area (Å²) in [5.74, 6) is 0. The van der Waals surface area contributed by atoms with E-state index in [4.69, 9.17) is 4.84 Å². The minimum Gasteiger partial charge on any atom is -0.398 e. The van der Waals surface area contributed by atoms with E-state index in [9.17, 15) is 8.42 Å². The monoisotopic (exact) mass is 232 g/mol. The average molecular weight is 232 g/mol. The van der Waals surface area contributed by atoms with Gasteiger partial charge in [-0.25, -0.2) is 8.42 Å². The molecular weight excluding hydrogens is 224 g/mol. The number of hydrogen-bond acceptors (Lipinski definition) is 5. The number of rotatable bonds is 3. The molecule has 0 radical (unpaired) electrons. The summed E-state index contributed by atoms with van der Waals surface area (Å²) in [6, 6.07) is 3.22. The fourth-order valence-corrected chi connectivity index (χ4v) is 2.92. The molecule has 14 heavy (non-hydrogen) atoms. The first-order valence-corrected chi connectivity index (χ1v) is 6.20. The molecule has 0 atom stereocenters.